The second-order valence-electron chi connectivity index (χ2n) is 13.6. The van der Waals surface area contributed by atoms with Crippen LogP contribution >= 0.6 is 0 Å². The second kappa shape index (κ2) is 7.42. The lowest BCUT2D eigenvalue weighted by molar-refractivity contribution is -0.246. The molecule has 10 atom stereocenters. The Hall–Kier alpha value is -0.650. The first kappa shape index (κ1) is 24.5. The summed E-state index contributed by atoms with van der Waals surface area (Å²) in [5.74, 6) is -0.125. The highest BCUT2D eigenvalue weighted by molar-refractivity contribution is 5.66. The zero-order valence-corrected chi connectivity index (χ0v) is 21.0. The molecule has 0 heterocycles. The van der Waals surface area contributed by atoms with Crippen LogP contribution < -0.4 is 0 Å². The minimum atomic E-state index is -1.08. The summed E-state index contributed by atoms with van der Waals surface area (Å²) < 4.78 is 0. The molecule has 4 aliphatic rings. The van der Waals surface area contributed by atoms with Crippen molar-refractivity contribution in [3.05, 3.63) is 0 Å². The number of aliphatic carboxylic acids is 1. The number of aliphatic hydroxyl groups excluding tert-OH is 2. The SMILES string of the molecule is CC1(C)[C@@H](O)CC[C@]2(C)[C@H]3C[C@@H](O)[C@@H]4[C@@H]([C@@](C)(O)CCC(=O)O)CC[C@@]4(C)[C@]3(C)CC[C@@H]12. The van der Waals surface area contributed by atoms with Crippen molar-refractivity contribution in [3.8, 4) is 0 Å². The Balaban J connectivity index is 1.69. The Kier molecular flexibility index (Phi) is 5.68. The van der Waals surface area contributed by atoms with Gasteiger partial charge in [-0.15, -0.1) is 0 Å². The highest BCUT2D eigenvalue weighted by atomic mass is 16.4. The third kappa shape index (κ3) is 3.16. The number of hydrogen-bond donors (Lipinski definition) is 4. The Morgan fingerprint density at radius 3 is 2.19 bits per heavy atom. The van der Waals surface area contributed by atoms with Gasteiger partial charge in [-0.05, 0) is 104 Å². The van der Waals surface area contributed by atoms with E-state index in [2.05, 4.69) is 34.6 Å². The number of carbonyl (C=O) groups is 1. The minimum Gasteiger partial charge on any atom is -0.481 e. The van der Waals surface area contributed by atoms with E-state index in [9.17, 15) is 25.2 Å². The number of aliphatic hydroxyl groups is 3. The first-order valence-electron chi connectivity index (χ1n) is 12.9. The predicted octanol–water partition coefficient (Wildman–Crippen LogP) is 4.62. The number of hydrogen-bond acceptors (Lipinski definition) is 4. The molecule has 0 radical (unpaired) electrons. The summed E-state index contributed by atoms with van der Waals surface area (Å²) in [4.78, 5) is 11.2. The molecule has 0 amide bonds. The summed E-state index contributed by atoms with van der Waals surface area (Å²) in [6, 6.07) is 0. The van der Waals surface area contributed by atoms with Crippen LogP contribution in [-0.4, -0.2) is 44.2 Å². The largest absolute Gasteiger partial charge is 0.481 e. The van der Waals surface area contributed by atoms with Crippen LogP contribution in [0.4, 0.5) is 0 Å². The van der Waals surface area contributed by atoms with Gasteiger partial charge in [-0.1, -0.05) is 34.6 Å². The Bertz CT molecular complexity index is 761. The summed E-state index contributed by atoms with van der Waals surface area (Å²) in [6.07, 6.45) is 6.06. The van der Waals surface area contributed by atoms with Crippen LogP contribution in [0.3, 0.4) is 0 Å². The normalized spacial score (nSPS) is 51.8. The van der Waals surface area contributed by atoms with Gasteiger partial charge in [0.25, 0.3) is 0 Å². The second-order valence-corrected chi connectivity index (χ2v) is 13.6. The van der Waals surface area contributed by atoms with Gasteiger partial charge in [0.2, 0.25) is 0 Å². The van der Waals surface area contributed by atoms with Gasteiger partial charge in [-0.3, -0.25) is 4.79 Å². The Labute approximate surface area is 194 Å². The lowest BCUT2D eigenvalue weighted by atomic mass is 9.35. The van der Waals surface area contributed by atoms with Crippen LogP contribution in [0.5, 0.6) is 0 Å². The van der Waals surface area contributed by atoms with E-state index in [1.807, 2.05) is 0 Å². The fraction of sp³-hybridized carbons (Fsp3) is 0.963. The molecule has 4 saturated carbocycles. The van der Waals surface area contributed by atoms with E-state index in [1.54, 1.807) is 6.92 Å². The van der Waals surface area contributed by atoms with Gasteiger partial charge < -0.3 is 20.4 Å². The molecule has 0 spiro atoms. The molecule has 0 aliphatic heterocycles. The Morgan fingerprint density at radius 1 is 0.938 bits per heavy atom. The smallest absolute Gasteiger partial charge is 0.303 e. The molecule has 4 aliphatic carbocycles. The first-order valence-corrected chi connectivity index (χ1v) is 12.9. The van der Waals surface area contributed by atoms with Crippen molar-refractivity contribution in [2.24, 2.45) is 45.3 Å². The van der Waals surface area contributed by atoms with Crippen molar-refractivity contribution < 1.29 is 25.2 Å². The van der Waals surface area contributed by atoms with Crippen molar-refractivity contribution in [1.82, 2.24) is 0 Å². The van der Waals surface area contributed by atoms with Gasteiger partial charge >= 0.3 is 5.97 Å². The summed E-state index contributed by atoms with van der Waals surface area (Å²) in [5, 5.41) is 42.9. The van der Waals surface area contributed by atoms with Crippen molar-refractivity contribution in [2.75, 3.05) is 0 Å². The monoisotopic (exact) mass is 450 g/mol. The molecule has 0 saturated heterocycles. The quantitative estimate of drug-likeness (QED) is 0.501. The lowest BCUT2D eigenvalue weighted by Crippen LogP contribution is -2.66. The highest BCUT2D eigenvalue weighted by Gasteiger charge is 2.71. The molecule has 5 nitrogen and oxygen atoms in total. The van der Waals surface area contributed by atoms with Gasteiger partial charge in [0.1, 0.15) is 0 Å². The molecule has 184 valence electrons. The van der Waals surface area contributed by atoms with E-state index in [0.29, 0.717) is 11.8 Å². The third-order valence-corrected chi connectivity index (χ3v) is 12.0. The van der Waals surface area contributed by atoms with E-state index in [0.717, 1.165) is 44.9 Å². The average Bonchev–Trinajstić information content (AvgIpc) is 3.07. The van der Waals surface area contributed by atoms with E-state index < -0.39 is 17.7 Å². The lowest BCUT2D eigenvalue weighted by Gasteiger charge is -2.70. The van der Waals surface area contributed by atoms with Crippen LogP contribution in [0.1, 0.15) is 99.3 Å². The summed E-state index contributed by atoms with van der Waals surface area (Å²) >= 11 is 0. The standard InChI is InChI=1S/C27H46O5/c1-23(2)18-8-13-25(4)19(24(18,3)11-9-20(23)29)15-17(28)22-16(7-12-26(22,25)5)27(6,32)14-10-21(30)31/h16-20,22,28-29,32H,7-15H2,1-6H3,(H,30,31)/t16-,17+,18-,19+,20-,22-,24-,25+,26+,27-/m0/s1. The molecule has 4 rings (SSSR count). The molecule has 0 aromatic heterocycles. The summed E-state index contributed by atoms with van der Waals surface area (Å²) in [6.45, 7) is 13.5. The highest BCUT2D eigenvalue weighted by Crippen LogP contribution is 2.75. The van der Waals surface area contributed by atoms with Crippen molar-refractivity contribution >= 4 is 5.97 Å². The first-order chi connectivity index (χ1) is 14.6. The van der Waals surface area contributed by atoms with Crippen LogP contribution in [0, 0.1) is 45.3 Å². The van der Waals surface area contributed by atoms with Gasteiger partial charge in [0.15, 0.2) is 0 Å². The van der Waals surface area contributed by atoms with E-state index >= 15 is 0 Å². The number of carboxylic acids is 1. The Morgan fingerprint density at radius 2 is 1.56 bits per heavy atom. The van der Waals surface area contributed by atoms with Crippen molar-refractivity contribution in [1.29, 1.82) is 0 Å². The number of fused-ring (bicyclic) bond motifs is 5. The molecule has 32 heavy (non-hydrogen) atoms. The van der Waals surface area contributed by atoms with E-state index in [-0.39, 0.29) is 52.4 Å². The van der Waals surface area contributed by atoms with Crippen LogP contribution in [-0.2, 0) is 4.79 Å². The topological polar surface area (TPSA) is 98.0 Å². The maximum absolute atomic E-state index is 11.6. The molecule has 5 heteroatoms. The van der Waals surface area contributed by atoms with Crippen molar-refractivity contribution in [3.63, 3.8) is 0 Å². The maximum Gasteiger partial charge on any atom is 0.303 e. The molecule has 0 bridgehead atoms. The average molecular weight is 451 g/mol. The fourth-order valence-electron chi connectivity index (χ4n) is 9.99. The fourth-order valence-corrected chi connectivity index (χ4v) is 9.99. The molecule has 0 unspecified atom stereocenters. The van der Waals surface area contributed by atoms with E-state index in [1.165, 1.54) is 0 Å². The number of rotatable bonds is 4. The maximum atomic E-state index is 11.6. The molecule has 0 aromatic rings. The molecule has 4 N–H and O–H groups in total. The number of carboxylic acid groups (broad SMARTS) is 1. The molecular weight excluding hydrogens is 404 g/mol. The summed E-state index contributed by atoms with van der Waals surface area (Å²) in [7, 11) is 0. The minimum absolute atomic E-state index is 0.00474. The van der Waals surface area contributed by atoms with E-state index in [4.69, 9.17) is 0 Å². The van der Waals surface area contributed by atoms with Crippen LogP contribution in [0.2, 0.25) is 0 Å². The predicted molar refractivity (Wildman–Crippen MR) is 124 cm³/mol. The van der Waals surface area contributed by atoms with Gasteiger partial charge in [-0.2, -0.15) is 0 Å². The molecular formula is C27H46O5. The summed E-state index contributed by atoms with van der Waals surface area (Å²) in [5.41, 5.74) is -1.12. The zero-order chi connectivity index (χ0) is 23.9. The zero-order valence-electron chi connectivity index (χ0n) is 21.0. The molecule has 0 aromatic carbocycles. The van der Waals surface area contributed by atoms with Gasteiger partial charge in [0, 0.05) is 6.42 Å². The van der Waals surface area contributed by atoms with Crippen molar-refractivity contribution in [2.45, 2.75) is 117 Å². The molecule has 4 fully saturated rings. The van der Waals surface area contributed by atoms with Crippen LogP contribution in [0.25, 0.3) is 0 Å². The van der Waals surface area contributed by atoms with Crippen LogP contribution in [0.15, 0.2) is 0 Å². The van der Waals surface area contributed by atoms with Gasteiger partial charge in [0.05, 0.1) is 17.8 Å². The third-order valence-electron chi connectivity index (χ3n) is 12.0. The van der Waals surface area contributed by atoms with Gasteiger partial charge in [-0.25, -0.2) is 0 Å².